The van der Waals surface area contributed by atoms with Crippen LogP contribution in [0.4, 0.5) is 0 Å². The molecule has 0 amide bonds. The second kappa shape index (κ2) is 8.87. The van der Waals surface area contributed by atoms with Crippen molar-refractivity contribution in [3.8, 4) is 11.4 Å². The molecule has 0 aliphatic carbocycles. The third kappa shape index (κ3) is 4.66. The van der Waals surface area contributed by atoms with Crippen molar-refractivity contribution in [2.45, 2.75) is 32.8 Å². The fourth-order valence-electron chi connectivity index (χ4n) is 3.40. The minimum atomic E-state index is -0.560. The first kappa shape index (κ1) is 20.4. The number of para-hydroxylation sites is 1. The highest BCUT2D eigenvalue weighted by Crippen LogP contribution is 2.27. The molecule has 7 nitrogen and oxygen atoms in total. The lowest BCUT2D eigenvalue weighted by Gasteiger charge is -2.09. The highest BCUT2D eigenvalue weighted by atomic mass is 16.5. The maximum atomic E-state index is 12.3. The van der Waals surface area contributed by atoms with E-state index in [-0.39, 0.29) is 30.3 Å². The van der Waals surface area contributed by atoms with Crippen molar-refractivity contribution in [3.05, 3.63) is 88.0 Å². The highest BCUT2D eigenvalue weighted by Gasteiger charge is 2.12. The number of benzene rings is 2. The zero-order chi connectivity index (χ0) is 21.8. The monoisotopic (exact) mass is 418 g/mol. The molecule has 0 saturated heterocycles. The molecule has 31 heavy (non-hydrogen) atoms. The zero-order valence-electron chi connectivity index (χ0n) is 17.1. The molecule has 1 N–H and O–H groups in total. The Labute approximate surface area is 178 Å². The van der Waals surface area contributed by atoms with Crippen LogP contribution in [0.1, 0.15) is 30.0 Å². The van der Waals surface area contributed by atoms with Crippen LogP contribution in [0.25, 0.3) is 16.7 Å². The number of aryl methyl sites for hydroxylation is 2. The van der Waals surface area contributed by atoms with E-state index < -0.39 is 5.63 Å². The predicted octanol–water partition coefficient (Wildman–Crippen LogP) is 3.92. The number of ether oxygens (including phenoxy) is 1. The molecule has 7 heteroatoms. The molecule has 2 aromatic carbocycles. The molecule has 0 unspecified atom stereocenters. The van der Waals surface area contributed by atoms with Crippen molar-refractivity contribution in [2.75, 3.05) is 0 Å². The topological polar surface area (TPSA) is 94.6 Å². The fraction of sp³-hybridized carbons (Fsp3) is 0.208. The second-order valence-corrected chi connectivity index (χ2v) is 7.21. The molecule has 158 valence electrons. The van der Waals surface area contributed by atoms with Gasteiger partial charge in [-0.2, -0.15) is 5.10 Å². The summed E-state index contributed by atoms with van der Waals surface area (Å²) in [6.45, 7) is 1.87. The van der Waals surface area contributed by atoms with Gasteiger partial charge in [0.1, 0.15) is 17.9 Å². The number of hydrogen-bond donors (Lipinski definition) is 1. The highest BCUT2D eigenvalue weighted by molar-refractivity contribution is 5.83. The van der Waals surface area contributed by atoms with E-state index in [2.05, 4.69) is 5.10 Å². The zero-order valence-corrected chi connectivity index (χ0v) is 17.1. The molecule has 0 spiro atoms. The van der Waals surface area contributed by atoms with E-state index >= 15 is 0 Å². The van der Waals surface area contributed by atoms with Crippen molar-refractivity contribution in [1.29, 1.82) is 0 Å². The van der Waals surface area contributed by atoms with E-state index in [1.165, 1.54) is 12.1 Å². The summed E-state index contributed by atoms with van der Waals surface area (Å²) in [6.07, 6.45) is 4.93. The van der Waals surface area contributed by atoms with Crippen molar-refractivity contribution in [3.63, 3.8) is 0 Å². The summed E-state index contributed by atoms with van der Waals surface area (Å²) in [6, 6.07) is 14.2. The SMILES string of the molecule is CCc1cc2c(COC(=O)CCc3cnn(-c4ccccc4)c3)cc(=O)oc2cc1O. The third-order valence-electron chi connectivity index (χ3n) is 5.07. The smallest absolute Gasteiger partial charge is 0.336 e. The van der Waals surface area contributed by atoms with Crippen LogP contribution in [0.5, 0.6) is 5.75 Å². The lowest BCUT2D eigenvalue weighted by Crippen LogP contribution is -2.08. The molecule has 0 aliphatic heterocycles. The maximum absolute atomic E-state index is 12.3. The van der Waals surface area contributed by atoms with Crippen molar-refractivity contribution < 1.29 is 19.1 Å². The minimum absolute atomic E-state index is 0.0435. The number of rotatable bonds is 7. The van der Waals surface area contributed by atoms with Crippen LogP contribution in [0.15, 0.2) is 70.1 Å². The molecular formula is C24H22N2O5. The number of carbonyl (C=O) groups is 1. The predicted molar refractivity (Wildman–Crippen MR) is 115 cm³/mol. The number of phenolic OH excluding ortho intramolecular Hbond substituents is 1. The molecule has 2 aromatic heterocycles. The first-order valence-corrected chi connectivity index (χ1v) is 10.1. The van der Waals surface area contributed by atoms with Crippen LogP contribution in [0.2, 0.25) is 0 Å². The lowest BCUT2D eigenvalue weighted by molar-refractivity contribution is -0.144. The largest absolute Gasteiger partial charge is 0.508 e. The maximum Gasteiger partial charge on any atom is 0.336 e. The summed E-state index contributed by atoms with van der Waals surface area (Å²) < 4.78 is 12.3. The number of nitrogens with zero attached hydrogens (tertiary/aromatic N) is 2. The van der Waals surface area contributed by atoms with Crippen LogP contribution in [0.3, 0.4) is 0 Å². The fourth-order valence-corrected chi connectivity index (χ4v) is 3.40. The van der Waals surface area contributed by atoms with Gasteiger partial charge in [-0.05, 0) is 42.2 Å². The standard InChI is InChI=1S/C24H22N2O5/c1-2-17-10-20-18(11-24(29)31-22(20)12-21(17)27)15-30-23(28)9-8-16-13-25-26(14-16)19-6-4-3-5-7-19/h3-7,10-14,27H,2,8-9,15H2,1H3. The van der Waals surface area contributed by atoms with E-state index in [9.17, 15) is 14.7 Å². The molecule has 0 fully saturated rings. The van der Waals surface area contributed by atoms with Crippen molar-refractivity contribution >= 4 is 16.9 Å². The van der Waals surface area contributed by atoms with Gasteiger partial charge in [-0.1, -0.05) is 25.1 Å². The Hall–Kier alpha value is -3.87. The number of fused-ring (bicyclic) bond motifs is 1. The first-order chi connectivity index (χ1) is 15.0. The van der Waals surface area contributed by atoms with Gasteiger partial charge in [-0.3, -0.25) is 4.79 Å². The molecule has 0 aliphatic rings. The Morgan fingerprint density at radius 1 is 1.16 bits per heavy atom. The summed E-state index contributed by atoms with van der Waals surface area (Å²) in [7, 11) is 0. The van der Waals surface area contributed by atoms with E-state index in [1.54, 1.807) is 16.9 Å². The molecule has 0 bridgehead atoms. The van der Waals surface area contributed by atoms with Gasteiger partial charge in [0.15, 0.2) is 0 Å². The number of aromatic nitrogens is 2. The molecule has 0 atom stereocenters. The third-order valence-corrected chi connectivity index (χ3v) is 5.07. The van der Waals surface area contributed by atoms with Crippen molar-refractivity contribution in [2.24, 2.45) is 0 Å². The first-order valence-electron chi connectivity index (χ1n) is 10.1. The summed E-state index contributed by atoms with van der Waals surface area (Å²) in [5, 5.41) is 15.0. The molecule has 2 heterocycles. The van der Waals surface area contributed by atoms with E-state index in [0.29, 0.717) is 23.8 Å². The van der Waals surface area contributed by atoms with Crippen LogP contribution in [0, 0.1) is 0 Å². The van der Waals surface area contributed by atoms with Gasteiger partial charge in [0.25, 0.3) is 0 Å². The summed E-state index contributed by atoms with van der Waals surface area (Å²) >= 11 is 0. The van der Waals surface area contributed by atoms with Crippen LogP contribution in [-0.4, -0.2) is 20.9 Å². The van der Waals surface area contributed by atoms with Gasteiger partial charge in [0.2, 0.25) is 0 Å². The van der Waals surface area contributed by atoms with Gasteiger partial charge in [0.05, 0.1) is 11.9 Å². The van der Waals surface area contributed by atoms with Gasteiger partial charge in [-0.15, -0.1) is 0 Å². The van der Waals surface area contributed by atoms with E-state index in [1.807, 2.05) is 43.5 Å². The molecular weight excluding hydrogens is 396 g/mol. The molecule has 0 radical (unpaired) electrons. The normalized spacial score (nSPS) is 11.0. The Kier molecular flexibility index (Phi) is 5.84. The quantitative estimate of drug-likeness (QED) is 0.361. The van der Waals surface area contributed by atoms with Crippen LogP contribution >= 0.6 is 0 Å². The van der Waals surface area contributed by atoms with Gasteiger partial charge < -0.3 is 14.3 Å². The Morgan fingerprint density at radius 3 is 2.74 bits per heavy atom. The van der Waals surface area contributed by atoms with Crippen LogP contribution < -0.4 is 5.63 Å². The Balaban J connectivity index is 1.41. The summed E-state index contributed by atoms with van der Waals surface area (Å²) in [5.74, 6) is -0.299. The number of phenols is 1. The number of hydrogen-bond acceptors (Lipinski definition) is 6. The van der Waals surface area contributed by atoms with Gasteiger partial charge in [0, 0.05) is 35.7 Å². The van der Waals surface area contributed by atoms with Crippen LogP contribution in [-0.2, 0) is 29.0 Å². The number of aromatic hydroxyl groups is 1. The molecule has 4 rings (SSSR count). The molecule has 0 saturated carbocycles. The van der Waals surface area contributed by atoms with Gasteiger partial charge >= 0.3 is 11.6 Å². The average molecular weight is 418 g/mol. The summed E-state index contributed by atoms with van der Waals surface area (Å²) in [4.78, 5) is 24.1. The van der Waals surface area contributed by atoms with Crippen molar-refractivity contribution in [1.82, 2.24) is 9.78 Å². The lowest BCUT2D eigenvalue weighted by atomic mass is 10.0. The Bertz CT molecular complexity index is 1270. The average Bonchev–Trinajstić information content (AvgIpc) is 3.25. The number of carbonyl (C=O) groups excluding carboxylic acids is 1. The second-order valence-electron chi connectivity index (χ2n) is 7.21. The Morgan fingerprint density at radius 2 is 1.97 bits per heavy atom. The number of esters is 1. The summed E-state index contributed by atoms with van der Waals surface area (Å²) in [5.41, 5.74) is 2.85. The molecule has 4 aromatic rings. The van der Waals surface area contributed by atoms with E-state index in [0.717, 1.165) is 16.8 Å². The minimum Gasteiger partial charge on any atom is -0.508 e. The van der Waals surface area contributed by atoms with Gasteiger partial charge in [-0.25, -0.2) is 9.48 Å². The van der Waals surface area contributed by atoms with E-state index in [4.69, 9.17) is 9.15 Å².